The Morgan fingerprint density at radius 3 is 2.03 bits per heavy atom. The summed E-state index contributed by atoms with van der Waals surface area (Å²) in [6.07, 6.45) is -2.16. The molecule has 0 saturated heterocycles. The average molecular weight is 456 g/mol. The Labute approximate surface area is 186 Å². The van der Waals surface area contributed by atoms with Crippen LogP contribution in [-0.4, -0.2) is 23.5 Å². The minimum absolute atomic E-state index is 0.230. The second kappa shape index (κ2) is 7.94. The third-order valence-electron chi connectivity index (χ3n) is 5.73. The predicted molar refractivity (Wildman–Crippen MR) is 121 cm³/mol. The first-order valence-electron chi connectivity index (χ1n) is 9.77. The van der Waals surface area contributed by atoms with Crippen molar-refractivity contribution in [3.63, 3.8) is 0 Å². The van der Waals surface area contributed by atoms with E-state index in [4.69, 9.17) is 11.1 Å². The summed E-state index contributed by atoms with van der Waals surface area (Å²) in [5.41, 5.74) is 8.20. The molecule has 1 heterocycles. The van der Waals surface area contributed by atoms with Gasteiger partial charge in [-0.2, -0.15) is 13.2 Å². The standard InChI is InChI=1S/C24H19F3N2O2S/c25-24(26,27)19(12-28)11-17-13-32-21(20(17)29)16-3-1-14(2-4-16)15-5-7-18(8-6-15)23(9-10-23)22(30)31/h1-8,11-13,28H,9-10,29H2,(H,30,31)/b19-11+,28-12?. The van der Waals surface area contributed by atoms with Crippen LogP contribution in [0.4, 0.5) is 18.9 Å². The second-order valence-corrected chi connectivity index (χ2v) is 8.60. The Morgan fingerprint density at radius 2 is 1.56 bits per heavy atom. The number of nitrogens with one attached hydrogen (secondary N) is 1. The molecule has 4 rings (SSSR count). The molecule has 164 valence electrons. The third kappa shape index (κ3) is 3.93. The first kappa shape index (κ1) is 21.8. The Balaban J connectivity index is 1.57. The summed E-state index contributed by atoms with van der Waals surface area (Å²) in [4.78, 5) is 12.1. The number of nitrogen functional groups attached to an aromatic ring is 1. The van der Waals surface area contributed by atoms with Crippen LogP contribution in [0.1, 0.15) is 24.0 Å². The van der Waals surface area contributed by atoms with Gasteiger partial charge in [0.2, 0.25) is 0 Å². The fourth-order valence-electron chi connectivity index (χ4n) is 3.64. The van der Waals surface area contributed by atoms with Crippen molar-refractivity contribution in [1.29, 1.82) is 5.41 Å². The van der Waals surface area contributed by atoms with Crippen LogP contribution < -0.4 is 5.73 Å². The monoisotopic (exact) mass is 456 g/mol. The zero-order valence-electron chi connectivity index (χ0n) is 16.7. The fraction of sp³-hybridized carbons (Fsp3) is 0.167. The van der Waals surface area contributed by atoms with Crippen LogP contribution in [-0.2, 0) is 10.2 Å². The summed E-state index contributed by atoms with van der Waals surface area (Å²) in [6, 6.07) is 15.0. The third-order valence-corrected chi connectivity index (χ3v) is 6.79. The van der Waals surface area contributed by atoms with E-state index in [9.17, 15) is 23.1 Å². The first-order valence-corrected chi connectivity index (χ1v) is 10.6. The molecule has 0 spiro atoms. The minimum atomic E-state index is -4.61. The first-order chi connectivity index (χ1) is 15.2. The number of nitrogens with two attached hydrogens (primary N) is 1. The molecule has 1 fully saturated rings. The smallest absolute Gasteiger partial charge is 0.417 e. The highest BCUT2D eigenvalue weighted by Crippen LogP contribution is 2.48. The van der Waals surface area contributed by atoms with Crippen LogP contribution in [0.25, 0.3) is 27.6 Å². The molecule has 3 aromatic rings. The molecule has 0 atom stereocenters. The van der Waals surface area contributed by atoms with E-state index in [0.29, 0.717) is 17.7 Å². The molecule has 1 aromatic heterocycles. The van der Waals surface area contributed by atoms with Crippen molar-refractivity contribution in [3.05, 3.63) is 70.6 Å². The maximum absolute atomic E-state index is 12.9. The zero-order valence-corrected chi connectivity index (χ0v) is 17.6. The van der Waals surface area contributed by atoms with E-state index in [1.165, 1.54) is 11.3 Å². The molecule has 4 N–H and O–H groups in total. The number of benzene rings is 2. The molecule has 0 aliphatic heterocycles. The van der Waals surface area contributed by atoms with Gasteiger partial charge in [0, 0.05) is 17.2 Å². The summed E-state index contributed by atoms with van der Waals surface area (Å²) in [7, 11) is 0. The van der Waals surface area contributed by atoms with Crippen molar-refractivity contribution >= 4 is 35.3 Å². The predicted octanol–water partition coefficient (Wildman–Crippen LogP) is 6.38. The lowest BCUT2D eigenvalue weighted by molar-refractivity contribution is -0.140. The Bertz CT molecular complexity index is 1210. The van der Waals surface area contributed by atoms with E-state index in [0.717, 1.165) is 28.3 Å². The van der Waals surface area contributed by atoms with Crippen LogP contribution in [0.2, 0.25) is 0 Å². The lowest BCUT2D eigenvalue weighted by atomic mass is 9.93. The molecule has 8 heteroatoms. The molecule has 32 heavy (non-hydrogen) atoms. The normalized spacial score (nSPS) is 15.4. The molecule has 1 aliphatic rings. The Morgan fingerprint density at radius 1 is 1.03 bits per heavy atom. The largest absolute Gasteiger partial charge is 0.481 e. The van der Waals surface area contributed by atoms with Crippen molar-refractivity contribution in [1.82, 2.24) is 0 Å². The van der Waals surface area contributed by atoms with Gasteiger partial charge < -0.3 is 16.2 Å². The molecular weight excluding hydrogens is 437 g/mol. The van der Waals surface area contributed by atoms with Crippen LogP contribution in [0, 0.1) is 5.41 Å². The van der Waals surface area contributed by atoms with Gasteiger partial charge in [0.15, 0.2) is 0 Å². The van der Waals surface area contributed by atoms with Crippen molar-refractivity contribution in [3.8, 4) is 21.6 Å². The van der Waals surface area contributed by atoms with Gasteiger partial charge in [-0.25, -0.2) is 0 Å². The minimum Gasteiger partial charge on any atom is -0.481 e. The number of hydrogen-bond donors (Lipinski definition) is 3. The van der Waals surface area contributed by atoms with Crippen molar-refractivity contribution < 1.29 is 23.1 Å². The van der Waals surface area contributed by atoms with E-state index < -0.39 is 23.1 Å². The molecule has 0 bridgehead atoms. The summed E-state index contributed by atoms with van der Waals surface area (Å²) in [6.45, 7) is 0. The lowest BCUT2D eigenvalue weighted by Crippen LogP contribution is -2.19. The lowest BCUT2D eigenvalue weighted by Gasteiger charge is -2.11. The van der Waals surface area contributed by atoms with Crippen molar-refractivity contribution in [2.24, 2.45) is 0 Å². The molecule has 0 amide bonds. The van der Waals surface area contributed by atoms with Crippen LogP contribution in [0.5, 0.6) is 0 Å². The number of carbonyl (C=O) groups is 1. The molecule has 0 radical (unpaired) electrons. The van der Waals surface area contributed by atoms with Gasteiger partial charge in [-0.15, -0.1) is 11.3 Å². The van der Waals surface area contributed by atoms with Crippen LogP contribution in [0.3, 0.4) is 0 Å². The number of carboxylic acids is 1. The number of carboxylic acid groups (broad SMARTS) is 1. The topological polar surface area (TPSA) is 87.2 Å². The highest BCUT2D eigenvalue weighted by molar-refractivity contribution is 7.14. The molecule has 4 nitrogen and oxygen atoms in total. The summed E-state index contributed by atoms with van der Waals surface area (Å²) >= 11 is 1.24. The van der Waals surface area contributed by atoms with Crippen molar-refractivity contribution in [2.45, 2.75) is 24.4 Å². The molecule has 0 unspecified atom stereocenters. The molecule has 1 aliphatic carbocycles. The van der Waals surface area contributed by atoms with E-state index >= 15 is 0 Å². The highest BCUT2D eigenvalue weighted by atomic mass is 32.1. The van der Waals surface area contributed by atoms with Gasteiger partial charge in [-0.3, -0.25) is 4.79 Å². The van der Waals surface area contributed by atoms with Gasteiger partial charge in [0.25, 0.3) is 0 Å². The van der Waals surface area contributed by atoms with Crippen LogP contribution >= 0.6 is 11.3 Å². The summed E-state index contributed by atoms with van der Waals surface area (Å²) < 4.78 is 38.8. The number of rotatable bonds is 6. The van der Waals surface area contributed by atoms with Crippen LogP contribution in [0.15, 0.2) is 59.5 Å². The van der Waals surface area contributed by atoms with Gasteiger partial charge >= 0.3 is 12.1 Å². The van der Waals surface area contributed by atoms with Gasteiger partial charge in [0.05, 0.1) is 21.6 Å². The average Bonchev–Trinajstić information content (AvgIpc) is 3.50. The van der Waals surface area contributed by atoms with Gasteiger partial charge in [-0.05, 0) is 41.2 Å². The maximum Gasteiger partial charge on any atom is 0.417 e. The van der Waals surface area contributed by atoms with E-state index in [-0.39, 0.29) is 17.5 Å². The van der Waals surface area contributed by atoms with E-state index in [2.05, 4.69) is 0 Å². The maximum atomic E-state index is 12.9. The van der Waals surface area contributed by atoms with Gasteiger partial charge in [0.1, 0.15) is 0 Å². The molecule has 2 aromatic carbocycles. The van der Waals surface area contributed by atoms with E-state index in [1.54, 1.807) is 5.38 Å². The number of alkyl halides is 3. The number of hydrogen-bond acceptors (Lipinski definition) is 4. The Hall–Kier alpha value is -3.39. The number of aliphatic carboxylic acids is 1. The van der Waals surface area contributed by atoms with Crippen molar-refractivity contribution in [2.75, 3.05) is 5.73 Å². The fourth-order valence-corrected chi connectivity index (χ4v) is 4.59. The van der Waals surface area contributed by atoms with Gasteiger partial charge in [-0.1, -0.05) is 48.5 Å². The summed E-state index contributed by atoms with van der Waals surface area (Å²) in [5, 5.41) is 18.0. The van der Waals surface area contributed by atoms with E-state index in [1.807, 2.05) is 48.5 Å². The molecular formula is C24H19F3N2O2S. The number of thiophene rings is 1. The zero-order chi connectivity index (χ0) is 23.1. The number of anilines is 1. The highest BCUT2D eigenvalue weighted by Gasteiger charge is 2.51. The quantitative estimate of drug-likeness (QED) is 0.376. The number of halogens is 3. The SMILES string of the molecule is N=C/C(=C\c1csc(-c2ccc(-c3ccc(C4(C(=O)O)CC4)cc3)cc2)c1N)C(F)(F)F. The number of allylic oxidation sites excluding steroid dienone is 1. The second-order valence-electron chi connectivity index (χ2n) is 7.72. The Kier molecular flexibility index (Phi) is 5.42. The summed E-state index contributed by atoms with van der Waals surface area (Å²) in [5.74, 6) is -0.791. The molecule has 1 saturated carbocycles.